The maximum atomic E-state index is 14.0. The molecule has 1 atom stereocenters. The van der Waals surface area contributed by atoms with Gasteiger partial charge in [0.2, 0.25) is 17.6 Å². The van der Waals surface area contributed by atoms with Crippen LogP contribution in [0.5, 0.6) is 5.88 Å². The summed E-state index contributed by atoms with van der Waals surface area (Å²) < 4.78 is 19.6. The van der Waals surface area contributed by atoms with Gasteiger partial charge in [-0.15, -0.1) is 0 Å². The molecule has 2 heterocycles. The van der Waals surface area contributed by atoms with E-state index in [1.54, 1.807) is 11.8 Å². The maximum Gasteiger partial charge on any atom is 0.254 e. The highest BCUT2D eigenvalue weighted by molar-refractivity contribution is 5.83. The van der Waals surface area contributed by atoms with Crippen LogP contribution in [-0.2, 0) is 16.0 Å². The number of aryl methyl sites for hydroxylation is 1. The van der Waals surface area contributed by atoms with E-state index in [4.69, 9.17) is 4.74 Å². The molecule has 1 fully saturated rings. The Kier molecular flexibility index (Phi) is 5.24. The number of aromatic nitrogens is 2. The van der Waals surface area contributed by atoms with Gasteiger partial charge in [-0.25, -0.2) is 4.98 Å². The molecule has 8 heteroatoms. The lowest BCUT2D eigenvalue weighted by Gasteiger charge is -2.17. The molecule has 1 aromatic heterocycles. The quantitative estimate of drug-likeness (QED) is 0.845. The lowest BCUT2D eigenvalue weighted by Crippen LogP contribution is -2.39. The van der Waals surface area contributed by atoms with Crippen molar-refractivity contribution in [3.63, 3.8) is 0 Å². The number of halogens is 1. The standard InChI is InChI=1S/C14H19FN4O3/c1-3-11-13(15)14(18-8-17-11)22-10-4-5-19(7-10)12(21)6-16-9(2)20/h8,10H,3-7H2,1-2H3,(H,16,20)/t10-/m1/s1. The van der Waals surface area contributed by atoms with Crippen molar-refractivity contribution in [1.29, 1.82) is 0 Å². The van der Waals surface area contributed by atoms with Crippen molar-refractivity contribution in [2.45, 2.75) is 32.8 Å². The van der Waals surface area contributed by atoms with Crippen LogP contribution in [0.3, 0.4) is 0 Å². The van der Waals surface area contributed by atoms with Crippen LogP contribution in [0.2, 0.25) is 0 Å². The summed E-state index contributed by atoms with van der Waals surface area (Å²) in [5, 5.41) is 2.46. The number of ether oxygens (including phenoxy) is 1. The number of hydrogen-bond acceptors (Lipinski definition) is 5. The fraction of sp³-hybridized carbons (Fsp3) is 0.571. The molecule has 1 aliphatic rings. The van der Waals surface area contributed by atoms with Crippen LogP contribution in [0.25, 0.3) is 0 Å². The van der Waals surface area contributed by atoms with Crippen molar-refractivity contribution >= 4 is 11.8 Å². The number of nitrogens with zero attached hydrogens (tertiary/aromatic N) is 3. The van der Waals surface area contributed by atoms with Gasteiger partial charge in [0.15, 0.2) is 0 Å². The van der Waals surface area contributed by atoms with Gasteiger partial charge in [-0.05, 0) is 6.42 Å². The molecule has 0 spiro atoms. The topological polar surface area (TPSA) is 84.4 Å². The lowest BCUT2D eigenvalue weighted by molar-refractivity contribution is -0.131. The largest absolute Gasteiger partial charge is 0.470 e. The van der Waals surface area contributed by atoms with E-state index >= 15 is 0 Å². The number of likely N-dealkylation sites (tertiary alicyclic amines) is 1. The molecule has 120 valence electrons. The average molecular weight is 310 g/mol. The molecule has 1 aromatic rings. The van der Waals surface area contributed by atoms with E-state index in [1.807, 2.05) is 0 Å². The third-order valence-corrected chi connectivity index (χ3v) is 3.43. The third-order valence-electron chi connectivity index (χ3n) is 3.43. The fourth-order valence-corrected chi connectivity index (χ4v) is 2.24. The van der Waals surface area contributed by atoms with Crippen LogP contribution >= 0.6 is 0 Å². The van der Waals surface area contributed by atoms with E-state index in [-0.39, 0.29) is 30.3 Å². The summed E-state index contributed by atoms with van der Waals surface area (Å²) in [7, 11) is 0. The van der Waals surface area contributed by atoms with E-state index in [9.17, 15) is 14.0 Å². The summed E-state index contributed by atoms with van der Waals surface area (Å²) >= 11 is 0. The molecule has 2 amide bonds. The number of rotatable bonds is 5. The Balaban J connectivity index is 1.91. The van der Waals surface area contributed by atoms with Gasteiger partial charge in [-0.2, -0.15) is 9.37 Å². The predicted octanol–water partition coefficient (Wildman–Crippen LogP) is 0.294. The first-order valence-electron chi connectivity index (χ1n) is 7.19. The highest BCUT2D eigenvalue weighted by atomic mass is 19.1. The lowest BCUT2D eigenvalue weighted by atomic mass is 10.3. The molecule has 0 radical (unpaired) electrons. The molecular formula is C14H19FN4O3. The minimum atomic E-state index is -0.548. The molecule has 0 saturated carbocycles. The second kappa shape index (κ2) is 7.15. The van der Waals surface area contributed by atoms with Gasteiger partial charge < -0.3 is 15.0 Å². The summed E-state index contributed by atoms with van der Waals surface area (Å²) in [5.74, 6) is -1.06. The average Bonchev–Trinajstić information content (AvgIpc) is 2.95. The Labute approximate surface area is 127 Å². The Hall–Kier alpha value is -2.25. The van der Waals surface area contributed by atoms with Crippen molar-refractivity contribution in [2.24, 2.45) is 0 Å². The number of amides is 2. The van der Waals surface area contributed by atoms with Crippen LogP contribution in [0, 0.1) is 5.82 Å². The highest BCUT2D eigenvalue weighted by Crippen LogP contribution is 2.20. The zero-order chi connectivity index (χ0) is 16.1. The second-order valence-electron chi connectivity index (χ2n) is 5.07. The normalized spacial score (nSPS) is 17.4. The molecule has 2 rings (SSSR count). The Bertz CT molecular complexity index is 567. The van der Waals surface area contributed by atoms with E-state index in [0.717, 1.165) is 0 Å². The van der Waals surface area contributed by atoms with E-state index in [1.165, 1.54) is 13.3 Å². The van der Waals surface area contributed by atoms with Crippen LogP contribution < -0.4 is 10.1 Å². The minimum absolute atomic E-state index is 0.0378. The number of hydrogen-bond donors (Lipinski definition) is 1. The summed E-state index contributed by atoms with van der Waals surface area (Å²) in [6.07, 6.45) is 2.01. The maximum absolute atomic E-state index is 14.0. The van der Waals surface area contributed by atoms with Gasteiger partial charge in [0.25, 0.3) is 5.88 Å². The number of carbonyl (C=O) groups excluding carboxylic acids is 2. The van der Waals surface area contributed by atoms with Gasteiger partial charge in [-0.1, -0.05) is 6.92 Å². The van der Waals surface area contributed by atoms with Crippen LogP contribution in [0.1, 0.15) is 26.0 Å². The van der Waals surface area contributed by atoms with Crippen molar-refractivity contribution in [2.75, 3.05) is 19.6 Å². The molecule has 1 aliphatic heterocycles. The van der Waals surface area contributed by atoms with Crippen LogP contribution in [-0.4, -0.2) is 52.4 Å². The van der Waals surface area contributed by atoms with Crippen molar-refractivity contribution in [3.05, 3.63) is 17.8 Å². The van der Waals surface area contributed by atoms with E-state index in [0.29, 0.717) is 31.6 Å². The molecule has 1 saturated heterocycles. The molecule has 0 aliphatic carbocycles. The Morgan fingerprint density at radius 3 is 2.95 bits per heavy atom. The fourth-order valence-electron chi connectivity index (χ4n) is 2.24. The molecule has 0 bridgehead atoms. The van der Waals surface area contributed by atoms with Crippen molar-refractivity contribution in [1.82, 2.24) is 20.2 Å². The zero-order valence-electron chi connectivity index (χ0n) is 12.6. The molecule has 1 N–H and O–H groups in total. The summed E-state index contributed by atoms with van der Waals surface area (Å²) in [4.78, 5) is 31.9. The van der Waals surface area contributed by atoms with Gasteiger partial charge in [0.1, 0.15) is 12.4 Å². The van der Waals surface area contributed by atoms with Crippen molar-refractivity contribution < 1.29 is 18.7 Å². The molecule has 22 heavy (non-hydrogen) atoms. The first kappa shape index (κ1) is 16.1. The molecule has 0 aromatic carbocycles. The Morgan fingerprint density at radius 1 is 1.50 bits per heavy atom. The summed E-state index contributed by atoms with van der Waals surface area (Å²) in [6.45, 7) is 3.98. The zero-order valence-corrected chi connectivity index (χ0v) is 12.6. The summed E-state index contributed by atoms with van der Waals surface area (Å²) in [5.41, 5.74) is 0.307. The van der Waals surface area contributed by atoms with Gasteiger partial charge in [0, 0.05) is 19.9 Å². The van der Waals surface area contributed by atoms with Gasteiger partial charge in [0.05, 0.1) is 18.8 Å². The first-order chi connectivity index (χ1) is 10.5. The minimum Gasteiger partial charge on any atom is -0.470 e. The second-order valence-corrected chi connectivity index (χ2v) is 5.07. The van der Waals surface area contributed by atoms with Gasteiger partial charge >= 0.3 is 0 Å². The third kappa shape index (κ3) is 3.90. The smallest absolute Gasteiger partial charge is 0.254 e. The Morgan fingerprint density at radius 2 is 2.27 bits per heavy atom. The number of carbonyl (C=O) groups is 2. The molecular weight excluding hydrogens is 291 g/mol. The van der Waals surface area contributed by atoms with Gasteiger partial charge in [-0.3, -0.25) is 9.59 Å². The van der Waals surface area contributed by atoms with Crippen LogP contribution in [0.4, 0.5) is 4.39 Å². The first-order valence-corrected chi connectivity index (χ1v) is 7.19. The SMILES string of the molecule is CCc1ncnc(O[C@@H]2CCN(C(=O)CNC(C)=O)C2)c1F. The summed E-state index contributed by atoms with van der Waals surface area (Å²) in [6, 6.07) is 0. The molecule has 0 unspecified atom stereocenters. The van der Waals surface area contributed by atoms with Crippen LogP contribution in [0.15, 0.2) is 6.33 Å². The van der Waals surface area contributed by atoms with E-state index in [2.05, 4.69) is 15.3 Å². The van der Waals surface area contributed by atoms with Crippen molar-refractivity contribution in [3.8, 4) is 5.88 Å². The number of nitrogens with one attached hydrogen (secondary N) is 1. The molecule has 7 nitrogen and oxygen atoms in total. The monoisotopic (exact) mass is 310 g/mol. The van der Waals surface area contributed by atoms with E-state index < -0.39 is 5.82 Å². The predicted molar refractivity (Wildman–Crippen MR) is 75.7 cm³/mol. The highest BCUT2D eigenvalue weighted by Gasteiger charge is 2.28.